The summed E-state index contributed by atoms with van der Waals surface area (Å²) in [7, 11) is -1.66. The van der Waals surface area contributed by atoms with E-state index in [1.165, 1.54) is 10.4 Å². The highest BCUT2D eigenvalue weighted by atomic mass is 79.9. The van der Waals surface area contributed by atoms with Crippen LogP contribution in [-0.4, -0.2) is 8.07 Å². The molecule has 0 radical (unpaired) electrons. The van der Waals surface area contributed by atoms with E-state index >= 15 is 0 Å². The van der Waals surface area contributed by atoms with Crippen LogP contribution in [0.3, 0.4) is 0 Å². The molecular weight excluding hydrogens is 370 g/mol. The second-order valence-electron chi connectivity index (χ2n) is 4.84. The third-order valence-corrected chi connectivity index (χ3v) is 8.12. The lowest BCUT2D eigenvalue weighted by molar-refractivity contribution is 1.59. The highest BCUT2D eigenvalue weighted by Gasteiger charge is 2.26. The van der Waals surface area contributed by atoms with Crippen LogP contribution in [0.2, 0.25) is 13.1 Å². The second-order valence-corrected chi connectivity index (χ2v) is 11.0. The minimum Gasteiger partial charge on any atom is -0.397 e. The van der Waals surface area contributed by atoms with Gasteiger partial charge in [0.05, 0.1) is 5.69 Å². The molecule has 1 nitrogen and oxygen atoms in total. The monoisotopic (exact) mass is 383 g/mol. The summed E-state index contributed by atoms with van der Waals surface area (Å²) in [6.45, 7) is 4.71. The Bertz CT molecular complexity index is 544. The highest BCUT2D eigenvalue weighted by Crippen LogP contribution is 2.27. The summed E-state index contributed by atoms with van der Waals surface area (Å²) in [5.74, 6) is 0. The van der Waals surface area contributed by atoms with Gasteiger partial charge in [0.25, 0.3) is 0 Å². The summed E-state index contributed by atoms with van der Waals surface area (Å²) in [4.78, 5) is 0. The number of benzene rings is 2. The number of anilines is 1. The van der Waals surface area contributed by atoms with Crippen LogP contribution in [0.1, 0.15) is 0 Å². The first-order valence-corrected chi connectivity index (χ1v) is 10.3. The van der Waals surface area contributed by atoms with E-state index in [1.54, 1.807) is 0 Å². The molecule has 2 N–H and O–H groups in total. The normalized spacial score (nSPS) is 11.6. The maximum absolute atomic E-state index is 5.95. The number of halogens is 2. The molecule has 0 atom stereocenters. The summed E-state index contributed by atoms with van der Waals surface area (Å²) >= 11 is 7.06. The molecule has 2 rings (SSSR count). The molecule has 0 aromatic heterocycles. The van der Waals surface area contributed by atoms with Crippen LogP contribution in [0.5, 0.6) is 0 Å². The van der Waals surface area contributed by atoms with E-state index in [-0.39, 0.29) is 0 Å². The molecule has 0 aliphatic rings. The first kappa shape index (κ1) is 13.8. The van der Waals surface area contributed by atoms with Gasteiger partial charge in [-0.25, -0.2) is 0 Å². The van der Waals surface area contributed by atoms with Crippen LogP contribution in [0, 0.1) is 0 Å². The Kier molecular flexibility index (Phi) is 3.99. The minimum atomic E-state index is -1.66. The number of nitrogens with two attached hydrogens (primary N) is 1. The fourth-order valence-corrected chi connectivity index (χ4v) is 5.95. The predicted molar refractivity (Wildman–Crippen MR) is 89.4 cm³/mol. The smallest absolute Gasteiger partial charge is 0.112 e. The van der Waals surface area contributed by atoms with Gasteiger partial charge in [-0.2, -0.15) is 0 Å². The Morgan fingerprint density at radius 1 is 0.889 bits per heavy atom. The second kappa shape index (κ2) is 5.19. The molecule has 4 heteroatoms. The molecule has 0 saturated heterocycles. The lowest BCUT2D eigenvalue weighted by Crippen LogP contribution is -2.52. The van der Waals surface area contributed by atoms with Gasteiger partial charge in [-0.05, 0) is 44.0 Å². The van der Waals surface area contributed by atoms with Gasteiger partial charge in [0.15, 0.2) is 0 Å². The molecule has 0 fully saturated rings. The van der Waals surface area contributed by atoms with Crippen molar-refractivity contribution in [1.82, 2.24) is 0 Å². The zero-order valence-corrected chi connectivity index (χ0v) is 14.5. The number of hydrogen-bond donors (Lipinski definition) is 1. The SMILES string of the molecule is C[Si](C)(c1ccccc1)c1cc(Br)c(N)c(Br)c1. The fourth-order valence-electron chi connectivity index (χ4n) is 1.97. The van der Waals surface area contributed by atoms with E-state index in [0.29, 0.717) is 0 Å². The van der Waals surface area contributed by atoms with Gasteiger partial charge in [0.1, 0.15) is 8.07 Å². The Labute approximate surface area is 126 Å². The van der Waals surface area contributed by atoms with Crippen LogP contribution in [0.25, 0.3) is 0 Å². The van der Waals surface area contributed by atoms with E-state index in [4.69, 9.17) is 5.73 Å². The largest absolute Gasteiger partial charge is 0.397 e. The molecule has 0 aliphatic carbocycles. The van der Waals surface area contributed by atoms with Crippen molar-refractivity contribution in [3.8, 4) is 0 Å². The van der Waals surface area contributed by atoms with Crippen LogP contribution in [0.15, 0.2) is 51.4 Å². The molecule has 94 valence electrons. The number of rotatable bonds is 2. The van der Waals surface area contributed by atoms with Gasteiger partial charge < -0.3 is 5.73 Å². The topological polar surface area (TPSA) is 26.0 Å². The Balaban J connectivity index is 2.54. The molecule has 18 heavy (non-hydrogen) atoms. The zero-order valence-electron chi connectivity index (χ0n) is 10.4. The van der Waals surface area contributed by atoms with Gasteiger partial charge >= 0.3 is 0 Å². The first-order chi connectivity index (χ1) is 8.43. The van der Waals surface area contributed by atoms with Crippen molar-refractivity contribution in [1.29, 1.82) is 0 Å². The van der Waals surface area contributed by atoms with Gasteiger partial charge in [0.2, 0.25) is 0 Å². The quantitative estimate of drug-likeness (QED) is 0.621. The molecule has 0 unspecified atom stereocenters. The predicted octanol–water partition coefficient (Wildman–Crippen LogP) is 3.62. The van der Waals surface area contributed by atoms with Gasteiger partial charge in [0, 0.05) is 8.95 Å². The third kappa shape index (κ3) is 2.55. The van der Waals surface area contributed by atoms with Crippen LogP contribution in [0.4, 0.5) is 5.69 Å². The Hall–Kier alpha value is -0.583. The molecule has 0 heterocycles. The van der Waals surface area contributed by atoms with Crippen LogP contribution >= 0.6 is 31.9 Å². The third-order valence-electron chi connectivity index (χ3n) is 3.30. The average Bonchev–Trinajstić information content (AvgIpc) is 2.36. The van der Waals surface area contributed by atoms with Gasteiger partial charge in [-0.1, -0.05) is 53.8 Å². The summed E-state index contributed by atoms with van der Waals surface area (Å²) in [5, 5.41) is 2.79. The average molecular weight is 385 g/mol. The van der Waals surface area contributed by atoms with Gasteiger partial charge in [-0.3, -0.25) is 0 Å². The van der Waals surface area contributed by atoms with Crippen LogP contribution < -0.4 is 16.1 Å². The molecule has 0 aliphatic heterocycles. The molecule has 2 aromatic rings. The number of hydrogen-bond acceptors (Lipinski definition) is 1. The summed E-state index contributed by atoms with van der Waals surface area (Å²) in [6.07, 6.45) is 0. The molecule has 0 amide bonds. The standard InChI is InChI=1S/C14H15Br2NSi/c1-18(2,10-6-4-3-5-7-10)11-8-12(15)14(17)13(16)9-11/h3-9H,17H2,1-2H3. The maximum Gasteiger partial charge on any atom is 0.112 e. The summed E-state index contributed by atoms with van der Waals surface area (Å²) in [6, 6.07) is 15.0. The zero-order chi connectivity index (χ0) is 13.3. The van der Waals surface area contributed by atoms with Crippen molar-refractivity contribution < 1.29 is 0 Å². The fraction of sp³-hybridized carbons (Fsp3) is 0.143. The van der Waals surface area contributed by atoms with E-state index < -0.39 is 8.07 Å². The maximum atomic E-state index is 5.95. The summed E-state index contributed by atoms with van der Waals surface area (Å²) < 4.78 is 1.92. The van der Waals surface area contributed by atoms with E-state index in [1.807, 2.05) is 0 Å². The molecule has 0 spiro atoms. The molecule has 0 saturated carbocycles. The van der Waals surface area contributed by atoms with E-state index in [0.717, 1.165) is 14.6 Å². The van der Waals surface area contributed by atoms with Crippen molar-refractivity contribution in [2.24, 2.45) is 0 Å². The first-order valence-electron chi connectivity index (χ1n) is 5.73. The highest BCUT2D eigenvalue weighted by molar-refractivity contribution is 9.11. The summed E-state index contributed by atoms with van der Waals surface area (Å²) in [5.41, 5.74) is 6.72. The Morgan fingerprint density at radius 2 is 1.39 bits per heavy atom. The van der Waals surface area contributed by atoms with Gasteiger partial charge in [-0.15, -0.1) is 0 Å². The van der Waals surface area contributed by atoms with E-state index in [9.17, 15) is 0 Å². The minimum absolute atomic E-state index is 0.761. The van der Waals surface area contributed by atoms with Crippen molar-refractivity contribution in [2.45, 2.75) is 13.1 Å². The molecule has 0 bridgehead atoms. The lowest BCUT2D eigenvalue weighted by Gasteiger charge is -2.24. The Morgan fingerprint density at radius 3 is 1.89 bits per heavy atom. The van der Waals surface area contributed by atoms with Crippen molar-refractivity contribution in [3.63, 3.8) is 0 Å². The van der Waals surface area contributed by atoms with Crippen LogP contribution in [-0.2, 0) is 0 Å². The van der Waals surface area contributed by atoms with Crippen molar-refractivity contribution >= 4 is 56.0 Å². The number of nitrogen functional groups attached to an aromatic ring is 1. The lowest BCUT2D eigenvalue weighted by atomic mass is 10.3. The van der Waals surface area contributed by atoms with E-state index in [2.05, 4.69) is 87.4 Å². The molecule has 2 aromatic carbocycles. The van der Waals surface area contributed by atoms with Crippen molar-refractivity contribution in [2.75, 3.05) is 5.73 Å². The van der Waals surface area contributed by atoms with Crippen molar-refractivity contribution in [3.05, 3.63) is 51.4 Å². The molecular formula is C14H15Br2NSi.